The van der Waals surface area contributed by atoms with Gasteiger partial charge in [-0.15, -0.1) is 0 Å². The topological polar surface area (TPSA) is 54.5 Å². The fraction of sp³-hybridized carbons (Fsp3) is 0.429. The molecule has 5 heteroatoms. The maximum Gasteiger partial charge on any atom is 0.272 e. The van der Waals surface area contributed by atoms with Crippen molar-refractivity contribution >= 4 is 17.3 Å². The van der Waals surface area contributed by atoms with Crippen LogP contribution < -0.4 is 10.1 Å². The average molecular weight is 353 g/mol. The van der Waals surface area contributed by atoms with Gasteiger partial charge in [0.2, 0.25) is 0 Å². The third kappa shape index (κ3) is 4.75. The molecule has 26 heavy (non-hydrogen) atoms. The molecular formula is C21H27N3O2. The quantitative estimate of drug-likeness (QED) is 0.851. The summed E-state index contributed by atoms with van der Waals surface area (Å²) < 4.78 is 5.83. The van der Waals surface area contributed by atoms with Gasteiger partial charge in [-0.25, -0.2) is 4.98 Å². The van der Waals surface area contributed by atoms with Crippen LogP contribution in [0.25, 0.3) is 0 Å². The van der Waals surface area contributed by atoms with Gasteiger partial charge in [0.1, 0.15) is 11.4 Å². The number of para-hydroxylation sites is 2. The number of hydrogen-bond acceptors (Lipinski definition) is 4. The molecule has 1 aliphatic rings. The smallest absolute Gasteiger partial charge is 0.272 e. The molecule has 1 amide bonds. The lowest BCUT2D eigenvalue weighted by Gasteiger charge is -2.20. The molecule has 5 nitrogen and oxygen atoms in total. The number of pyridine rings is 1. The first-order valence-corrected chi connectivity index (χ1v) is 9.41. The van der Waals surface area contributed by atoms with E-state index < -0.39 is 0 Å². The molecule has 3 rings (SSSR count). The lowest BCUT2D eigenvalue weighted by molar-refractivity contribution is 0.0756. The van der Waals surface area contributed by atoms with Gasteiger partial charge < -0.3 is 15.0 Å². The van der Waals surface area contributed by atoms with Crippen molar-refractivity contribution in [1.29, 1.82) is 0 Å². The van der Waals surface area contributed by atoms with E-state index in [0.29, 0.717) is 5.69 Å². The van der Waals surface area contributed by atoms with Crippen LogP contribution in [0.1, 0.15) is 50.0 Å². The third-order valence-electron chi connectivity index (χ3n) is 4.40. The highest BCUT2D eigenvalue weighted by molar-refractivity contribution is 5.92. The molecule has 1 fully saturated rings. The van der Waals surface area contributed by atoms with E-state index in [1.54, 1.807) is 12.3 Å². The lowest BCUT2D eigenvalue weighted by atomic mass is 10.2. The van der Waals surface area contributed by atoms with Gasteiger partial charge in [-0.2, -0.15) is 0 Å². The van der Waals surface area contributed by atoms with Gasteiger partial charge in [0.05, 0.1) is 23.7 Å². The Bertz CT molecular complexity index is 720. The number of aromatic nitrogens is 1. The number of amides is 1. The van der Waals surface area contributed by atoms with Crippen LogP contribution in [0.2, 0.25) is 0 Å². The van der Waals surface area contributed by atoms with Crippen molar-refractivity contribution in [3.05, 3.63) is 48.3 Å². The number of carbonyl (C=O) groups is 1. The highest BCUT2D eigenvalue weighted by Crippen LogP contribution is 2.28. The largest absolute Gasteiger partial charge is 0.489 e. The van der Waals surface area contributed by atoms with E-state index in [2.05, 4.69) is 10.3 Å². The molecule has 0 unspecified atom stereocenters. The summed E-state index contributed by atoms with van der Waals surface area (Å²) in [5.41, 5.74) is 2.22. The van der Waals surface area contributed by atoms with Gasteiger partial charge >= 0.3 is 0 Å². The van der Waals surface area contributed by atoms with Crippen LogP contribution in [0.3, 0.4) is 0 Å². The summed E-state index contributed by atoms with van der Waals surface area (Å²) in [5.74, 6) is 0.828. The van der Waals surface area contributed by atoms with Crippen molar-refractivity contribution in [2.24, 2.45) is 0 Å². The van der Waals surface area contributed by atoms with E-state index in [1.165, 1.54) is 12.8 Å². The zero-order valence-electron chi connectivity index (χ0n) is 15.6. The maximum absolute atomic E-state index is 12.6. The molecule has 1 saturated heterocycles. The van der Waals surface area contributed by atoms with E-state index in [1.807, 2.05) is 49.1 Å². The van der Waals surface area contributed by atoms with Gasteiger partial charge in [-0.1, -0.05) is 25.0 Å². The number of carbonyl (C=O) groups excluding carboxylic acids is 1. The summed E-state index contributed by atoms with van der Waals surface area (Å²) in [6.45, 7) is 5.67. The molecule has 1 aromatic heterocycles. The van der Waals surface area contributed by atoms with Gasteiger partial charge in [0.15, 0.2) is 0 Å². The van der Waals surface area contributed by atoms with Gasteiger partial charge in [-0.3, -0.25) is 4.79 Å². The number of likely N-dealkylation sites (tertiary alicyclic amines) is 1. The molecule has 2 heterocycles. The number of rotatable bonds is 5. The summed E-state index contributed by atoms with van der Waals surface area (Å²) >= 11 is 0. The molecule has 0 bridgehead atoms. The maximum atomic E-state index is 12.6. The number of nitrogens with zero attached hydrogens (tertiary/aromatic N) is 2. The number of anilines is 2. The molecule has 0 saturated carbocycles. The Balaban J connectivity index is 1.69. The Labute approximate surface area is 155 Å². The standard InChI is InChI=1S/C21H27N3O2/c1-16(2)26-20-10-6-5-9-18(20)23-17-11-12-19(22-15-17)21(25)24-13-7-3-4-8-14-24/h5-6,9-12,15-16,23H,3-4,7-8,13-14H2,1-2H3. The van der Waals surface area contributed by atoms with Crippen LogP contribution in [0.4, 0.5) is 11.4 Å². The van der Waals surface area contributed by atoms with E-state index in [4.69, 9.17) is 4.74 Å². The highest BCUT2D eigenvalue weighted by Gasteiger charge is 2.18. The van der Waals surface area contributed by atoms with Gasteiger partial charge in [-0.05, 0) is 51.0 Å². The predicted molar refractivity (Wildman–Crippen MR) is 104 cm³/mol. The fourth-order valence-electron chi connectivity index (χ4n) is 3.11. The average Bonchev–Trinajstić information content (AvgIpc) is 2.92. The molecule has 1 N–H and O–H groups in total. The molecule has 1 aromatic carbocycles. The minimum atomic E-state index is 0.0296. The van der Waals surface area contributed by atoms with Crippen LogP contribution in [0, 0.1) is 0 Å². The van der Waals surface area contributed by atoms with E-state index >= 15 is 0 Å². The molecule has 138 valence electrons. The second-order valence-corrected chi connectivity index (χ2v) is 6.93. The van der Waals surface area contributed by atoms with E-state index in [9.17, 15) is 4.79 Å². The minimum Gasteiger partial charge on any atom is -0.489 e. The molecule has 1 aliphatic heterocycles. The van der Waals surface area contributed by atoms with Crippen LogP contribution in [0.15, 0.2) is 42.6 Å². The zero-order valence-corrected chi connectivity index (χ0v) is 15.6. The van der Waals surface area contributed by atoms with Crippen molar-refractivity contribution in [1.82, 2.24) is 9.88 Å². The van der Waals surface area contributed by atoms with Crippen LogP contribution in [-0.2, 0) is 0 Å². The summed E-state index contributed by atoms with van der Waals surface area (Å²) in [6, 6.07) is 11.5. The molecule has 0 spiro atoms. The second kappa shape index (κ2) is 8.70. The zero-order chi connectivity index (χ0) is 18.4. The fourth-order valence-corrected chi connectivity index (χ4v) is 3.11. The first-order chi connectivity index (χ1) is 12.6. The van der Waals surface area contributed by atoms with E-state index in [-0.39, 0.29) is 12.0 Å². The summed E-state index contributed by atoms with van der Waals surface area (Å²) in [5, 5.41) is 3.32. The normalized spacial score (nSPS) is 14.8. The number of benzene rings is 1. The van der Waals surface area contributed by atoms with E-state index in [0.717, 1.165) is 43.1 Å². The molecule has 2 aromatic rings. The Morgan fingerprint density at radius 2 is 1.81 bits per heavy atom. The van der Waals surface area contributed by atoms with Crippen LogP contribution in [0.5, 0.6) is 5.75 Å². The van der Waals surface area contributed by atoms with Crippen LogP contribution >= 0.6 is 0 Å². The minimum absolute atomic E-state index is 0.0296. The Morgan fingerprint density at radius 1 is 1.08 bits per heavy atom. The van der Waals surface area contributed by atoms with Crippen molar-refractivity contribution < 1.29 is 9.53 Å². The van der Waals surface area contributed by atoms with Crippen molar-refractivity contribution in [3.63, 3.8) is 0 Å². The van der Waals surface area contributed by atoms with Gasteiger partial charge in [0, 0.05) is 13.1 Å². The SMILES string of the molecule is CC(C)Oc1ccccc1Nc1ccc(C(=O)N2CCCCCC2)nc1. The molecule has 0 radical (unpaired) electrons. The Hall–Kier alpha value is -2.56. The predicted octanol–water partition coefficient (Wildman–Crippen LogP) is 4.63. The van der Waals surface area contributed by atoms with Crippen molar-refractivity contribution in [3.8, 4) is 5.75 Å². The van der Waals surface area contributed by atoms with Crippen molar-refractivity contribution in [2.75, 3.05) is 18.4 Å². The number of ether oxygens (including phenoxy) is 1. The lowest BCUT2D eigenvalue weighted by Crippen LogP contribution is -2.32. The third-order valence-corrected chi connectivity index (χ3v) is 4.40. The Kier molecular flexibility index (Phi) is 6.10. The first kappa shape index (κ1) is 18.2. The van der Waals surface area contributed by atoms with Crippen molar-refractivity contribution in [2.45, 2.75) is 45.6 Å². The highest BCUT2D eigenvalue weighted by atomic mass is 16.5. The second-order valence-electron chi connectivity index (χ2n) is 6.93. The first-order valence-electron chi connectivity index (χ1n) is 9.41. The summed E-state index contributed by atoms with van der Waals surface area (Å²) in [4.78, 5) is 18.9. The summed E-state index contributed by atoms with van der Waals surface area (Å²) in [6.07, 6.45) is 6.38. The molecule has 0 atom stereocenters. The monoisotopic (exact) mass is 353 g/mol. The summed E-state index contributed by atoms with van der Waals surface area (Å²) in [7, 11) is 0. The molecular weight excluding hydrogens is 326 g/mol. The number of hydrogen-bond donors (Lipinski definition) is 1. The van der Waals surface area contributed by atoms with Gasteiger partial charge in [0.25, 0.3) is 5.91 Å². The van der Waals surface area contributed by atoms with Crippen LogP contribution in [-0.4, -0.2) is 35.0 Å². The number of nitrogens with one attached hydrogen (secondary N) is 1. The molecule has 0 aliphatic carbocycles. The Morgan fingerprint density at radius 3 is 2.46 bits per heavy atom.